The fourth-order valence-electron chi connectivity index (χ4n) is 2.25. The Kier molecular flexibility index (Phi) is 4.73. The lowest BCUT2D eigenvalue weighted by atomic mass is 10.2. The van der Waals surface area contributed by atoms with Crippen molar-refractivity contribution < 1.29 is 17.7 Å². The van der Waals surface area contributed by atoms with Gasteiger partial charge in [-0.1, -0.05) is 23.4 Å². The standard InChI is InChI=1S/C17H19N3O4S/c1-11-17(18-12(2)21)16(24-19-11)10-5-13-3-8-15(9-4-13)25(22,23)20-14-6-7-14/h3-5,8-10,14,20H,6-7H2,1-2H3,(H,18,21). The van der Waals surface area contributed by atoms with Crippen LogP contribution in [0.25, 0.3) is 12.2 Å². The zero-order valence-corrected chi connectivity index (χ0v) is 14.8. The predicted molar refractivity (Wildman–Crippen MR) is 94.3 cm³/mol. The van der Waals surface area contributed by atoms with Crippen LogP contribution in [0.1, 0.15) is 36.8 Å². The van der Waals surface area contributed by atoms with Gasteiger partial charge < -0.3 is 9.84 Å². The molecule has 25 heavy (non-hydrogen) atoms. The molecule has 1 fully saturated rings. The van der Waals surface area contributed by atoms with Crippen molar-refractivity contribution in [3.8, 4) is 0 Å². The number of benzene rings is 1. The fraction of sp³-hybridized carbons (Fsp3) is 0.294. The molecule has 8 heteroatoms. The normalized spacial score (nSPS) is 14.8. The summed E-state index contributed by atoms with van der Waals surface area (Å²) in [6, 6.07) is 6.61. The monoisotopic (exact) mass is 361 g/mol. The zero-order chi connectivity index (χ0) is 18.0. The summed E-state index contributed by atoms with van der Waals surface area (Å²) in [5.74, 6) is 0.221. The van der Waals surface area contributed by atoms with Crippen LogP contribution in [0.2, 0.25) is 0 Å². The molecule has 0 unspecified atom stereocenters. The molecule has 0 radical (unpaired) electrons. The van der Waals surface area contributed by atoms with Gasteiger partial charge in [0.2, 0.25) is 15.9 Å². The van der Waals surface area contributed by atoms with Gasteiger partial charge in [0.1, 0.15) is 11.4 Å². The van der Waals surface area contributed by atoms with Gasteiger partial charge in [-0.15, -0.1) is 0 Å². The van der Waals surface area contributed by atoms with Crippen LogP contribution in [-0.4, -0.2) is 25.5 Å². The van der Waals surface area contributed by atoms with Crippen molar-refractivity contribution in [3.05, 3.63) is 41.3 Å². The van der Waals surface area contributed by atoms with Gasteiger partial charge in [-0.2, -0.15) is 0 Å². The van der Waals surface area contributed by atoms with Crippen molar-refractivity contribution in [1.29, 1.82) is 0 Å². The van der Waals surface area contributed by atoms with E-state index in [0.29, 0.717) is 17.1 Å². The molecule has 1 aromatic carbocycles. The summed E-state index contributed by atoms with van der Waals surface area (Å²) in [5, 5.41) is 6.51. The molecule has 0 atom stereocenters. The zero-order valence-electron chi connectivity index (χ0n) is 13.9. The number of aryl methyl sites for hydroxylation is 1. The Labute approximate surface area is 146 Å². The summed E-state index contributed by atoms with van der Waals surface area (Å²) in [5.41, 5.74) is 1.91. The number of nitrogens with zero attached hydrogens (tertiary/aromatic N) is 1. The second-order valence-electron chi connectivity index (χ2n) is 5.99. The van der Waals surface area contributed by atoms with Crippen LogP contribution >= 0.6 is 0 Å². The highest BCUT2D eigenvalue weighted by molar-refractivity contribution is 7.89. The van der Waals surface area contributed by atoms with E-state index in [1.54, 1.807) is 43.3 Å². The maximum atomic E-state index is 12.1. The Balaban J connectivity index is 1.75. The van der Waals surface area contributed by atoms with Gasteiger partial charge in [0.05, 0.1) is 4.90 Å². The van der Waals surface area contributed by atoms with Crippen LogP contribution in [-0.2, 0) is 14.8 Å². The summed E-state index contributed by atoms with van der Waals surface area (Å²) in [4.78, 5) is 11.5. The van der Waals surface area contributed by atoms with Gasteiger partial charge in [-0.05, 0) is 43.5 Å². The van der Waals surface area contributed by atoms with E-state index in [9.17, 15) is 13.2 Å². The van der Waals surface area contributed by atoms with E-state index in [-0.39, 0.29) is 16.8 Å². The third-order valence-electron chi connectivity index (χ3n) is 3.71. The number of carbonyl (C=O) groups is 1. The molecule has 2 aromatic rings. The quantitative estimate of drug-likeness (QED) is 0.823. The molecule has 0 spiro atoms. The molecule has 1 aromatic heterocycles. The molecule has 3 rings (SSSR count). The van der Waals surface area contributed by atoms with Crippen LogP contribution in [0.4, 0.5) is 5.69 Å². The number of nitrogens with one attached hydrogen (secondary N) is 2. The summed E-state index contributed by atoms with van der Waals surface area (Å²) in [6.07, 6.45) is 5.23. The van der Waals surface area contributed by atoms with Gasteiger partial charge in [0.15, 0.2) is 5.76 Å². The van der Waals surface area contributed by atoms with E-state index in [1.165, 1.54) is 6.92 Å². The van der Waals surface area contributed by atoms with Crippen molar-refractivity contribution in [2.45, 2.75) is 37.6 Å². The number of rotatable bonds is 6. The van der Waals surface area contributed by atoms with E-state index in [1.807, 2.05) is 0 Å². The van der Waals surface area contributed by atoms with E-state index in [2.05, 4.69) is 15.2 Å². The van der Waals surface area contributed by atoms with Gasteiger partial charge in [0, 0.05) is 13.0 Å². The van der Waals surface area contributed by atoms with Crippen LogP contribution in [0.3, 0.4) is 0 Å². The first-order valence-electron chi connectivity index (χ1n) is 7.89. The predicted octanol–water partition coefficient (Wildman–Crippen LogP) is 2.55. The van der Waals surface area contributed by atoms with Gasteiger partial charge in [-0.3, -0.25) is 4.79 Å². The average Bonchev–Trinajstić information content (AvgIpc) is 3.29. The summed E-state index contributed by atoms with van der Waals surface area (Å²) < 4.78 is 32.1. The molecule has 1 aliphatic carbocycles. The molecule has 2 N–H and O–H groups in total. The lowest BCUT2D eigenvalue weighted by molar-refractivity contribution is -0.114. The average molecular weight is 361 g/mol. The third-order valence-corrected chi connectivity index (χ3v) is 5.24. The number of amides is 1. The second-order valence-corrected chi connectivity index (χ2v) is 7.70. The molecule has 7 nitrogen and oxygen atoms in total. The summed E-state index contributed by atoms with van der Waals surface area (Å²) >= 11 is 0. The van der Waals surface area contributed by atoms with Crippen molar-refractivity contribution in [3.63, 3.8) is 0 Å². The first kappa shape index (κ1) is 17.4. The van der Waals surface area contributed by atoms with Gasteiger partial charge in [-0.25, -0.2) is 13.1 Å². The number of aromatic nitrogens is 1. The van der Waals surface area contributed by atoms with Crippen LogP contribution in [0, 0.1) is 6.92 Å². The maximum absolute atomic E-state index is 12.1. The molecule has 1 aliphatic rings. The largest absolute Gasteiger partial charge is 0.354 e. The van der Waals surface area contributed by atoms with Crippen LogP contribution < -0.4 is 10.0 Å². The van der Waals surface area contributed by atoms with E-state index < -0.39 is 10.0 Å². The number of anilines is 1. The number of carbonyl (C=O) groups excluding carboxylic acids is 1. The summed E-state index contributed by atoms with van der Waals surface area (Å²) in [6.45, 7) is 3.15. The number of hydrogen-bond donors (Lipinski definition) is 2. The Morgan fingerprint density at radius 1 is 1.24 bits per heavy atom. The molecular weight excluding hydrogens is 342 g/mol. The van der Waals surface area contributed by atoms with Gasteiger partial charge in [0.25, 0.3) is 0 Å². The minimum Gasteiger partial charge on any atom is -0.354 e. The lowest BCUT2D eigenvalue weighted by Gasteiger charge is -2.05. The fourth-order valence-corrected chi connectivity index (χ4v) is 3.55. The first-order valence-corrected chi connectivity index (χ1v) is 9.38. The molecule has 0 aliphatic heterocycles. The minimum atomic E-state index is -3.45. The van der Waals surface area contributed by atoms with Crippen molar-refractivity contribution >= 4 is 33.8 Å². The highest BCUT2D eigenvalue weighted by Gasteiger charge is 2.27. The first-order chi connectivity index (χ1) is 11.8. The second kappa shape index (κ2) is 6.81. The third kappa shape index (κ3) is 4.34. The topological polar surface area (TPSA) is 101 Å². The highest BCUT2D eigenvalue weighted by atomic mass is 32.2. The molecule has 0 saturated heterocycles. The van der Waals surface area contributed by atoms with Crippen molar-refractivity contribution in [2.75, 3.05) is 5.32 Å². The van der Waals surface area contributed by atoms with Crippen molar-refractivity contribution in [2.24, 2.45) is 0 Å². The number of hydrogen-bond acceptors (Lipinski definition) is 5. The van der Waals surface area contributed by atoms with Crippen LogP contribution in [0.5, 0.6) is 0 Å². The SMILES string of the molecule is CC(=O)Nc1c(C)noc1C=Cc1ccc(S(=O)(=O)NC2CC2)cc1. The van der Waals surface area contributed by atoms with Crippen LogP contribution in [0.15, 0.2) is 33.7 Å². The summed E-state index contributed by atoms with van der Waals surface area (Å²) in [7, 11) is -3.45. The Morgan fingerprint density at radius 2 is 1.92 bits per heavy atom. The van der Waals surface area contributed by atoms with E-state index in [0.717, 1.165) is 18.4 Å². The Morgan fingerprint density at radius 3 is 2.52 bits per heavy atom. The lowest BCUT2D eigenvalue weighted by Crippen LogP contribution is -2.25. The van der Waals surface area contributed by atoms with Crippen molar-refractivity contribution in [1.82, 2.24) is 9.88 Å². The molecule has 1 amide bonds. The van der Waals surface area contributed by atoms with Gasteiger partial charge >= 0.3 is 0 Å². The molecule has 132 valence electrons. The minimum absolute atomic E-state index is 0.0754. The molecule has 1 saturated carbocycles. The molecule has 1 heterocycles. The van der Waals surface area contributed by atoms with E-state index >= 15 is 0 Å². The molecule has 0 bridgehead atoms. The number of sulfonamides is 1. The Hall–Kier alpha value is -2.45. The Bertz CT molecular complexity index is 910. The maximum Gasteiger partial charge on any atom is 0.240 e. The molecular formula is C17H19N3O4S. The smallest absolute Gasteiger partial charge is 0.240 e. The highest BCUT2D eigenvalue weighted by Crippen LogP contribution is 2.24. The van der Waals surface area contributed by atoms with E-state index in [4.69, 9.17) is 4.52 Å².